The molecule has 5 nitrogen and oxygen atoms in total. The van der Waals surface area contributed by atoms with Crippen LogP contribution in [0.3, 0.4) is 0 Å². The molecule has 2 aliphatic heterocycles. The third kappa shape index (κ3) is 3.10. The SMILES string of the molecule is OC(CN1CCCC1c1nnc2n1CCCCC2)c1ccccc1. The lowest BCUT2D eigenvalue weighted by atomic mass is 10.1. The van der Waals surface area contributed by atoms with Gasteiger partial charge in [-0.25, -0.2) is 0 Å². The van der Waals surface area contributed by atoms with Gasteiger partial charge in [-0.1, -0.05) is 36.8 Å². The van der Waals surface area contributed by atoms with Gasteiger partial charge in [-0.3, -0.25) is 4.90 Å². The van der Waals surface area contributed by atoms with E-state index in [-0.39, 0.29) is 0 Å². The lowest BCUT2D eigenvalue weighted by Crippen LogP contribution is -2.30. The Balaban J connectivity index is 1.52. The maximum absolute atomic E-state index is 10.6. The minimum atomic E-state index is -0.446. The smallest absolute Gasteiger partial charge is 0.150 e. The molecule has 0 radical (unpaired) electrons. The fourth-order valence-electron chi connectivity index (χ4n) is 4.09. The molecule has 1 aromatic carbocycles. The Bertz CT molecular complexity index is 669. The van der Waals surface area contributed by atoms with E-state index in [2.05, 4.69) is 19.7 Å². The van der Waals surface area contributed by atoms with Gasteiger partial charge in [0.15, 0.2) is 0 Å². The van der Waals surface area contributed by atoms with Crippen molar-refractivity contribution in [1.82, 2.24) is 19.7 Å². The molecule has 2 unspecified atom stereocenters. The fraction of sp³-hybridized carbons (Fsp3) is 0.579. The predicted octanol–water partition coefficient (Wildman–Crippen LogP) is 2.88. The van der Waals surface area contributed by atoms with Crippen molar-refractivity contribution in [3.05, 3.63) is 47.5 Å². The minimum Gasteiger partial charge on any atom is -0.387 e. The second-order valence-corrected chi connectivity index (χ2v) is 7.02. The quantitative estimate of drug-likeness (QED) is 0.939. The summed E-state index contributed by atoms with van der Waals surface area (Å²) in [5, 5.41) is 19.6. The zero-order valence-corrected chi connectivity index (χ0v) is 14.1. The third-order valence-electron chi connectivity index (χ3n) is 5.39. The standard InChI is InChI=1S/C19H26N4O/c24-17(15-8-3-1-4-9-15)14-22-12-7-10-16(22)19-21-20-18-11-5-2-6-13-23(18)19/h1,3-4,8-9,16-17,24H,2,5-7,10-14H2. The summed E-state index contributed by atoms with van der Waals surface area (Å²) in [5.41, 5.74) is 0.989. The van der Waals surface area contributed by atoms with E-state index in [9.17, 15) is 5.11 Å². The van der Waals surface area contributed by atoms with Crippen LogP contribution in [0.4, 0.5) is 0 Å². The summed E-state index contributed by atoms with van der Waals surface area (Å²) >= 11 is 0. The predicted molar refractivity (Wildman–Crippen MR) is 92.5 cm³/mol. The van der Waals surface area contributed by atoms with Crippen molar-refractivity contribution in [1.29, 1.82) is 0 Å². The van der Waals surface area contributed by atoms with Crippen LogP contribution in [0.2, 0.25) is 0 Å². The summed E-state index contributed by atoms with van der Waals surface area (Å²) < 4.78 is 2.35. The number of likely N-dealkylation sites (tertiary alicyclic amines) is 1. The number of β-amino-alcohol motifs (C(OH)–C–C–N with tert-alkyl or cyclic N) is 1. The molecule has 5 heteroatoms. The summed E-state index contributed by atoms with van der Waals surface area (Å²) in [6.07, 6.45) is 6.60. The summed E-state index contributed by atoms with van der Waals surface area (Å²) in [6.45, 7) is 2.73. The van der Waals surface area contributed by atoms with E-state index in [0.717, 1.165) is 49.6 Å². The van der Waals surface area contributed by atoms with E-state index in [1.807, 2.05) is 30.3 Å². The van der Waals surface area contributed by atoms with E-state index in [0.29, 0.717) is 12.6 Å². The van der Waals surface area contributed by atoms with Crippen LogP contribution in [0.5, 0.6) is 0 Å². The first-order chi connectivity index (χ1) is 11.8. The third-order valence-corrected chi connectivity index (χ3v) is 5.39. The van der Waals surface area contributed by atoms with Crippen molar-refractivity contribution in [2.45, 2.75) is 57.2 Å². The molecule has 1 N–H and O–H groups in total. The Morgan fingerprint density at radius 1 is 1.04 bits per heavy atom. The number of aryl methyl sites for hydroxylation is 1. The van der Waals surface area contributed by atoms with Crippen LogP contribution in [0.25, 0.3) is 0 Å². The summed E-state index contributed by atoms with van der Waals surface area (Å²) in [7, 11) is 0. The van der Waals surface area contributed by atoms with Gasteiger partial charge < -0.3 is 9.67 Å². The van der Waals surface area contributed by atoms with Gasteiger partial charge >= 0.3 is 0 Å². The van der Waals surface area contributed by atoms with Crippen molar-refractivity contribution in [2.24, 2.45) is 0 Å². The molecule has 24 heavy (non-hydrogen) atoms. The van der Waals surface area contributed by atoms with Gasteiger partial charge in [0.2, 0.25) is 0 Å². The largest absolute Gasteiger partial charge is 0.387 e. The van der Waals surface area contributed by atoms with Crippen LogP contribution in [0, 0.1) is 0 Å². The monoisotopic (exact) mass is 326 g/mol. The molecule has 0 bridgehead atoms. The van der Waals surface area contributed by atoms with Gasteiger partial charge in [0.1, 0.15) is 11.6 Å². The van der Waals surface area contributed by atoms with E-state index >= 15 is 0 Å². The average molecular weight is 326 g/mol. The van der Waals surface area contributed by atoms with Crippen LogP contribution < -0.4 is 0 Å². The minimum absolute atomic E-state index is 0.294. The van der Waals surface area contributed by atoms with Crippen molar-refractivity contribution in [3.63, 3.8) is 0 Å². The fourth-order valence-corrected chi connectivity index (χ4v) is 4.09. The molecule has 0 saturated carbocycles. The van der Waals surface area contributed by atoms with Crippen LogP contribution in [0.15, 0.2) is 30.3 Å². The van der Waals surface area contributed by atoms with Gasteiger partial charge in [-0.15, -0.1) is 10.2 Å². The molecule has 4 rings (SSSR count). The number of hydrogen-bond donors (Lipinski definition) is 1. The summed E-state index contributed by atoms with van der Waals surface area (Å²) in [6, 6.07) is 10.2. The lowest BCUT2D eigenvalue weighted by Gasteiger charge is -2.26. The highest BCUT2D eigenvalue weighted by atomic mass is 16.3. The van der Waals surface area contributed by atoms with Crippen molar-refractivity contribution in [3.8, 4) is 0 Å². The first kappa shape index (κ1) is 15.8. The molecular formula is C19H26N4O. The van der Waals surface area contributed by atoms with Crippen molar-refractivity contribution >= 4 is 0 Å². The maximum Gasteiger partial charge on any atom is 0.150 e. The molecule has 2 aromatic rings. The highest BCUT2D eigenvalue weighted by Crippen LogP contribution is 2.33. The number of benzene rings is 1. The normalized spacial score (nSPS) is 23.0. The molecule has 128 valence electrons. The van der Waals surface area contributed by atoms with Crippen LogP contribution in [-0.2, 0) is 13.0 Å². The van der Waals surface area contributed by atoms with Gasteiger partial charge in [0, 0.05) is 19.5 Å². The van der Waals surface area contributed by atoms with Crippen LogP contribution >= 0.6 is 0 Å². The molecule has 2 atom stereocenters. The van der Waals surface area contributed by atoms with Crippen molar-refractivity contribution in [2.75, 3.05) is 13.1 Å². The van der Waals surface area contributed by atoms with E-state index in [1.54, 1.807) is 0 Å². The number of fused-ring (bicyclic) bond motifs is 1. The Labute approximate surface area is 143 Å². The Hall–Kier alpha value is -1.72. The lowest BCUT2D eigenvalue weighted by molar-refractivity contribution is 0.103. The molecule has 0 spiro atoms. The van der Waals surface area contributed by atoms with Gasteiger partial charge in [0.25, 0.3) is 0 Å². The topological polar surface area (TPSA) is 54.2 Å². The second kappa shape index (κ2) is 7.03. The number of hydrogen-bond acceptors (Lipinski definition) is 4. The Morgan fingerprint density at radius 2 is 1.92 bits per heavy atom. The van der Waals surface area contributed by atoms with Crippen molar-refractivity contribution < 1.29 is 5.11 Å². The molecular weight excluding hydrogens is 300 g/mol. The average Bonchev–Trinajstić information content (AvgIpc) is 3.15. The Kier molecular flexibility index (Phi) is 4.63. The van der Waals surface area contributed by atoms with Gasteiger partial charge in [0.05, 0.1) is 12.1 Å². The maximum atomic E-state index is 10.6. The number of nitrogens with zero attached hydrogens (tertiary/aromatic N) is 4. The van der Waals surface area contributed by atoms with Gasteiger partial charge in [-0.05, 0) is 37.8 Å². The first-order valence-corrected chi connectivity index (χ1v) is 9.22. The molecule has 1 aromatic heterocycles. The van der Waals surface area contributed by atoms with Gasteiger partial charge in [-0.2, -0.15) is 0 Å². The van der Waals surface area contributed by atoms with E-state index in [4.69, 9.17) is 0 Å². The number of aliphatic hydroxyl groups excluding tert-OH is 1. The number of aliphatic hydroxyl groups is 1. The van der Waals surface area contributed by atoms with Crippen LogP contribution in [0.1, 0.15) is 61.5 Å². The zero-order chi connectivity index (χ0) is 16.4. The highest BCUT2D eigenvalue weighted by Gasteiger charge is 2.32. The Morgan fingerprint density at radius 3 is 2.79 bits per heavy atom. The molecule has 0 amide bonds. The van der Waals surface area contributed by atoms with E-state index < -0.39 is 6.10 Å². The summed E-state index contributed by atoms with van der Waals surface area (Å²) in [4.78, 5) is 2.39. The zero-order valence-electron chi connectivity index (χ0n) is 14.1. The first-order valence-electron chi connectivity index (χ1n) is 9.22. The number of aromatic nitrogens is 3. The number of rotatable bonds is 4. The molecule has 0 aliphatic carbocycles. The molecule has 3 heterocycles. The van der Waals surface area contributed by atoms with Crippen LogP contribution in [-0.4, -0.2) is 37.9 Å². The second-order valence-electron chi connectivity index (χ2n) is 7.02. The highest BCUT2D eigenvalue weighted by molar-refractivity contribution is 5.18. The summed E-state index contributed by atoms with van der Waals surface area (Å²) in [5.74, 6) is 2.27. The molecule has 1 fully saturated rings. The molecule has 1 saturated heterocycles. The van der Waals surface area contributed by atoms with E-state index in [1.165, 1.54) is 19.3 Å². The molecule has 2 aliphatic rings.